The highest BCUT2D eigenvalue weighted by Crippen LogP contribution is 2.46. The van der Waals surface area contributed by atoms with Gasteiger partial charge in [0.2, 0.25) is 0 Å². The van der Waals surface area contributed by atoms with Gasteiger partial charge >= 0.3 is 0 Å². The Morgan fingerprint density at radius 2 is 1.70 bits per heavy atom. The van der Waals surface area contributed by atoms with Gasteiger partial charge in [-0.25, -0.2) is 0 Å². The number of aryl methyl sites for hydroxylation is 1. The summed E-state index contributed by atoms with van der Waals surface area (Å²) >= 11 is 0. The molecule has 2 N–H and O–H groups in total. The minimum atomic E-state index is -0.101. The monoisotopic (exact) mass is 263 g/mol. The lowest BCUT2D eigenvalue weighted by molar-refractivity contribution is 0.408. The summed E-state index contributed by atoms with van der Waals surface area (Å²) in [6.07, 6.45) is 3.69. The van der Waals surface area contributed by atoms with Crippen LogP contribution in [0, 0.1) is 0 Å². The van der Waals surface area contributed by atoms with E-state index in [0.717, 1.165) is 34.9 Å². The summed E-state index contributed by atoms with van der Waals surface area (Å²) < 4.78 is 0. The first-order valence-corrected chi connectivity index (χ1v) is 6.68. The second-order valence-electron chi connectivity index (χ2n) is 5.08. The maximum Gasteiger partial charge on any atom is 0.167 e. The van der Waals surface area contributed by atoms with E-state index in [1.54, 1.807) is 0 Å². The molecular weight excluding hydrogens is 250 g/mol. The molecule has 3 aromatic rings. The fraction of sp³-hybridized carbons (Fsp3) is 0.118. The molecule has 0 aliphatic carbocycles. The van der Waals surface area contributed by atoms with Gasteiger partial charge in [-0.15, -0.1) is 0 Å². The second-order valence-corrected chi connectivity index (χ2v) is 5.08. The van der Waals surface area contributed by atoms with Gasteiger partial charge < -0.3 is 10.2 Å². The summed E-state index contributed by atoms with van der Waals surface area (Å²) in [7, 11) is 0. The topological polar surface area (TPSA) is 52.8 Å². The van der Waals surface area contributed by atoms with Crippen LogP contribution in [0.5, 0.6) is 11.5 Å². The lowest BCUT2D eigenvalue weighted by atomic mass is 9.91. The van der Waals surface area contributed by atoms with E-state index >= 15 is 0 Å². The first kappa shape index (κ1) is 11.3. The SMILES string of the molecule is Oc1ccc2c(c1O)c1c(c3ccccc32)CCC=N1. The Bertz CT molecular complexity index is 881. The van der Waals surface area contributed by atoms with Gasteiger partial charge in [-0.2, -0.15) is 0 Å². The van der Waals surface area contributed by atoms with Crippen LogP contribution in [0.15, 0.2) is 41.4 Å². The molecule has 0 spiro atoms. The molecule has 0 saturated heterocycles. The highest BCUT2D eigenvalue weighted by Gasteiger charge is 2.19. The number of hydrogen-bond donors (Lipinski definition) is 2. The Balaban J connectivity index is 2.34. The van der Waals surface area contributed by atoms with Crippen molar-refractivity contribution in [2.75, 3.05) is 0 Å². The maximum atomic E-state index is 10.2. The normalized spacial score (nSPS) is 13.8. The van der Waals surface area contributed by atoms with Crippen molar-refractivity contribution >= 4 is 33.4 Å². The maximum absolute atomic E-state index is 10.2. The number of hydrogen-bond acceptors (Lipinski definition) is 3. The molecule has 3 aromatic carbocycles. The molecular formula is C17H13NO2. The van der Waals surface area contributed by atoms with E-state index in [9.17, 15) is 10.2 Å². The number of aliphatic imine (C=N–C) groups is 1. The lowest BCUT2D eigenvalue weighted by Crippen LogP contribution is -1.97. The van der Waals surface area contributed by atoms with Crippen LogP contribution in [0.25, 0.3) is 21.5 Å². The molecule has 0 radical (unpaired) electrons. The van der Waals surface area contributed by atoms with Crippen LogP contribution in [-0.2, 0) is 6.42 Å². The molecule has 98 valence electrons. The summed E-state index contributed by atoms with van der Waals surface area (Å²) in [5, 5.41) is 23.9. The zero-order chi connectivity index (χ0) is 13.7. The number of phenols is 2. The van der Waals surface area contributed by atoms with Gasteiger partial charge in [0, 0.05) is 6.21 Å². The van der Waals surface area contributed by atoms with E-state index in [4.69, 9.17) is 0 Å². The van der Waals surface area contributed by atoms with Gasteiger partial charge in [0.15, 0.2) is 11.5 Å². The summed E-state index contributed by atoms with van der Waals surface area (Å²) in [5.74, 6) is -0.181. The van der Waals surface area contributed by atoms with Gasteiger partial charge in [-0.3, -0.25) is 4.99 Å². The molecule has 0 amide bonds. The van der Waals surface area contributed by atoms with Crippen LogP contribution in [0.1, 0.15) is 12.0 Å². The molecule has 0 aromatic heterocycles. The average molecular weight is 263 g/mol. The molecule has 3 nitrogen and oxygen atoms in total. The summed E-state index contributed by atoms with van der Waals surface area (Å²) in [6, 6.07) is 11.5. The summed E-state index contributed by atoms with van der Waals surface area (Å²) in [6.45, 7) is 0. The minimum Gasteiger partial charge on any atom is -0.504 e. The number of aromatic hydroxyl groups is 2. The molecule has 1 aliphatic heterocycles. The highest BCUT2D eigenvalue weighted by molar-refractivity contribution is 6.17. The standard InChI is InChI=1S/C17H13NO2/c19-14-8-7-12-10-4-1-2-5-11(10)13-6-3-9-18-16(13)15(12)17(14)20/h1-2,4-5,7-9,19-20H,3,6H2. The molecule has 0 saturated carbocycles. The first-order valence-electron chi connectivity index (χ1n) is 6.68. The van der Waals surface area contributed by atoms with Crippen molar-refractivity contribution in [2.45, 2.75) is 12.8 Å². The Kier molecular flexibility index (Phi) is 2.24. The van der Waals surface area contributed by atoms with Crippen LogP contribution in [0.3, 0.4) is 0 Å². The Morgan fingerprint density at radius 3 is 2.55 bits per heavy atom. The van der Waals surface area contributed by atoms with Crippen molar-refractivity contribution in [1.29, 1.82) is 0 Å². The third-order valence-corrected chi connectivity index (χ3v) is 3.97. The number of fused-ring (bicyclic) bond motifs is 6. The molecule has 0 fully saturated rings. The Labute approximate surface area is 115 Å². The molecule has 1 heterocycles. The van der Waals surface area contributed by atoms with Gasteiger partial charge in [0.05, 0.1) is 11.1 Å². The third-order valence-electron chi connectivity index (χ3n) is 3.97. The van der Waals surface area contributed by atoms with E-state index < -0.39 is 0 Å². The molecule has 20 heavy (non-hydrogen) atoms. The molecule has 3 heteroatoms. The van der Waals surface area contributed by atoms with E-state index in [1.165, 1.54) is 11.5 Å². The Morgan fingerprint density at radius 1 is 0.900 bits per heavy atom. The Hall–Kier alpha value is -2.55. The highest BCUT2D eigenvalue weighted by atomic mass is 16.3. The fourth-order valence-corrected chi connectivity index (χ4v) is 3.06. The zero-order valence-electron chi connectivity index (χ0n) is 10.8. The summed E-state index contributed by atoms with van der Waals surface area (Å²) in [4.78, 5) is 4.48. The minimum absolute atomic E-state index is 0.0800. The predicted octanol–water partition coefficient (Wildman–Crippen LogP) is 4.05. The van der Waals surface area contributed by atoms with Crippen LogP contribution < -0.4 is 0 Å². The average Bonchev–Trinajstić information content (AvgIpc) is 2.50. The van der Waals surface area contributed by atoms with E-state index in [-0.39, 0.29) is 11.5 Å². The van der Waals surface area contributed by atoms with Crippen molar-refractivity contribution < 1.29 is 10.2 Å². The quantitative estimate of drug-likeness (QED) is 0.475. The van der Waals surface area contributed by atoms with Gasteiger partial charge in [0.25, 0.3) is 0 Å². The van der Waals surface area contributed by atoms with Gasteiger partial charge in [-0.05, 0) is 46.7 Å². The van der Waals surface area contributed by atoms with Crippen LogP contribution in [0.4, 0.5) is 5.69 Å². The second kappa shape index (κ2) is 3.97. The number of rotatable bonds is 0. The van der Waals surface area contributed by atoms with Crippen molar-refractivity contribution in [2.24, 2.45) is 4.99 Å². The third kappa shape index (κ3) is 1.37. The first-order chi connectivity index (χ1) is 9.77. The van der Waals surface area contributed by atoms with Gasteiger partial charge in [-0.1, -0.05) is 24.3 Å². The summed E-state index contributed by atoms with van der Waals surface area (Å²) in [5.41, 5.74) is 1.94. The van der Waals surface area contributed by atoms with Crippen molar-refractivity contribution in [3.63, 3.8) is 0 Å². The lowest BCUT2D eigenvalue weighted by Gasteiger charge is -2.18. The fourth-order valence-electron chi connectivity index (χ4n) is 3.06. The zero-order valence-corrected chi connectivity index (χ0v) is 10.8. The number of benzene rings is 3. The smallest absolute Gasteiger partial charge is 0.167 e. The largest absolute Gasteiger partial charge is 0.504 e. The molecule has 0 bridgehead atoms. The van der Waals surface area contributed by atoms with Crippen molar-refractivity contribution in [3.05, 3.63) is 42.0 Å². The van der Waals surface area contributed by atoms with Crippen LogP contribution >= 0.6 is 0 Å². The molecule has 1 aliphatic rings. The van der Waals surface area contributed by atoms with Crippen molar-refractivity contribution in [3.8, 4) is 11.5 Å². The van der Waals surface area contributed by atoms with Crippen LogP contribution in [0.2, 0.25) is 0 Å². The molecule has 0 atom stereocenters. The molecule has 4 rings (SSSR count). The van der Waals surface area contributed by atoms with Gasteiger partial charge in [0.1, 0.15) is 0 Å². The van der Waals surface area contributed by atoms with Crippen molar-refractivity contribution in [1.82, 2.24) is 0 Å². The predicted molar refractivity (Wildman–Crippen MR) is 81.3 cm³/mol. The molecule has 0 unspecified atom stereocenters. The van der Waals surface area contributed by atoms with E-state index in [0.29, 0.717) is 5.39 Å². The number of phenolic OH excluding ortho intramolecular Hbond substituents is 2. The van der Waals surface area contributed by atoms with Crippen LogP contribution in [-0.4, -0.2) is 16.4 Å². The van der Waals surface area contributed by atoms with E-state index in [2.05, 4.69) is 11.1 Å². The number of nitrogens with zero attached hydrogens (tertiary/aromatic N) is 1. The van der Waals surface area contributed by atoms with E-state index in [1.807, 2.05) is 30.5 Å².